The van der Waals surface area contributed by atoms with E-state index in [9.17, 15) is 4.79 Å². The van der Waals surface area contributed by atoms with E-state index in [0.29, 0.717) is 0 Å². The lowest BCUT2D eigenvalue weighted by Gasteiger charge is -2.21. The monoisotopic (exact) mass is 339 g/mol. The highest BCUT2D eigenvalue weighted by atomic mass is 16.5. The standard InChI is InChI=1S/C20H25N3O2/c1-23-13-12-21-20(23)19(16-10-6-7-11-17(16)25-2)22-18(24)14-15-8-4-3-5-9-15/h6-7,10-14,19H,3-5,8-9H2,1-2H3,(H,22,24)/t19-/m0/s1. The van der Waals surface area contributed by atoms with Gasteiger partial charge in [0.1, 0.15) is 17.6 Å². The van der Waals surface area contributed by atoms with Crippen molar-refractivity contribution in [1.29, 1.82) is 0 Å². The molecule has 1 aliphatic carbocycles. The third kappa shape index (κ3) is 4.10. The Kier molecular flexibility index (Phi) is 5.53. The molecule has 132 valence electrons. The number of ether oxygens (including phenoxy) is 1. The molecule has 0 spiro atoms. The Morgan fingerprint density at radius 2 is 2.04 bits per heavy atom. The average Bonchev–Trinajstić information content (AvgIpc) is 3.06. The Hall–Kier alpha value is -2.56. The largest absolute Gasteiger partial charge is 0.496 e. The van der Waals surface area contributed by atoms with Crippen LogP contribution in [0.25, 0.3) is 0 Å². The summed E-state index contributed by atoms with van der Waals surface area (Å²) in [6, 6.07) is 7.37. The third-order valence-electron chi connectivity index (χ3n) is 4.68. The summed E-state index contributed by atoms with van der Waals surface area (Å²) >= 11 is 0. The second-order valence-corrected chi connectivity index (χ2v) is 6.44. The highest BCUT2D eigenvalue weighted by Crippen LogP contribution is 2.29. The number of benzene rings is 1. The van der Waals surface area contributed by atoms with Crippen LogP contribution in [0.15, 0.2) is 48.3 Å². The Morgan fingerprint density at radius 3 is 2.72 bits per heavy atom. The van der Waals surface area contributed by atoms with Gasteiger partial charge in [0.25, 0.3) is 0 Å². The minimum absolute atomic E-state index is 0.0733. The van der Waals surface area contributed by atoms with Crippen LogP contribution in [-0.4, -0.2) is 22.6 Å². The number of imidazole rings is 1. The third-order valence-corrected chi connectivity index (χ3v) is 4.68. The van der Waals surface area contributed by atoms with Gasteiger partial charge in [-0.3, -0.25) is 4.79 Å². The van der Waals surface area contributed by atoms with Gasteiger partial charge in [-0.2, -0.15) is 0 Å². The summed E-state index contributed by atoms with van der Waals surface area (Å²) < 4.78 is 7.41. The maximum absolute atomic E-state index is 12.6. The summed E-state index contributed by atoms with van der Waals surface area (Å²) in [4.78, 5) is 17.1. The first-order valence-electron chi connectivity index (χ1n) is 8.79. The first-order chi connectivity index (χ1) is 12.2. The molecule has 1 N–H and O–H groups in total. The van der Waals surface area contributed by atoms with E-state index >= 15 is 0 Å². The number of para-hydroxylation sites is 1. The molecular formula is C20H25N3O2. The number of aromatic nitrogens is 2. The highest BCUT2D eigenvalue weighted by molar-refractivity contribution is 5.88. The maximum Gasteiger partial charge on any atom is 0.244 e. The lowest BCUT2D eigenvalue weighted by atomic mass is 9.94. The summed E-state index contributed by atoms with van der Waals surface area (Å²) in [6.45, 7) is 0. The van der Waals surface area contributed by atoms with Gasteiger partial charge in [-0.05, 0) is 31.7 Å². The van der Waals surface area contributed by atoms with Crippen molar-refractivity contribution in [2.75, 3.05) is 7.11 Å². The predicted molar refractivity (Wildman–Crippen MR) is 97.4 cm³/mol. The molecule has 1 heterocycles. The SMILES string of the molecule is COc1ccccc1[C@H](NC(=O)C=C1CCCCC1)c1nccn1C. The number of allylic oxidation sites excluding steroid dienone is 1. The number of carbonyl (C=O) groups excluding carboxylic acids is 1. The normalized spacial score (nSPS) is 15.5. The van der Waals surface area contributed by atoms with E-state index in [1.54, 1.807) is 19.4 Å². The Labute approximate surface area is 148 Å². The van der Waals surface area contributed by atoms with Crippen LogP contribution < -0.4 is 10.1 Å². The molecule has 1 aliphatic rings. The molecule has 1 fully saturated rings. The molecule has 0 unspecified atom stereocenters. The molecule has 5 heteroatoms. The predicted octanol–water partition coefficient (Wildman–Crippen LogP) is 3.52. The van der Waals surface area contributed by atoms with Crippen molar-refractivity contribution < 1.29 is 9.53 Å². The number of hydrogen-bond donors (Lipinski definition) is 1. The second-order valence-electron chi connectivity index (χ2n) is 6.44. The van der Waals surface area contributed by atoms with Crippen LogP contribution >= 0.6 is 0 Å². The van der Waals surface area contributed by atoms with Gasteiger partial charge in [0, 0.05) is 31.1 Å². The minimum atomic E-state index is -0.357. The van der Waals surface area contributed by atoms with Gasteiger partial charge < -0.3 is 14.6 Å². The molecule has 0 radical (unpaired) electrons. The summed E-state index contributed by atoms with van der Waals surface area (Å²) in [5, 5.41) is 3.12. The number of nitrogens with one attached hydrogen (secondary N) is 1. The van der Waals surface area contributed by atoms with E-state index in [4.69, 9.17) is 4.74 Å². The molecule has 0 aliphatic heterocycles. The van der Waals surface area contributed by atoms with Crippen molar-refractivity contribution in [2.45, 2.75) is 38.1 Å². The van der Waals surface area contributed by atoms with Crippen molar-refractivity contribution in [3.63, 3.8) is 0 Å². The van der Waals surface area contributed by atoms with Crippen LogP contribution in [0.4, 0.5) is 0 Å². The first kappa shape index (κ1) is 17.3. The van der Waals surface area contributed by atoms with Crippen LogP contribution in [0.5, 0.6) is 5.75 Å². The molecule has 3 rings (SSSR count). The number of hydrogen-bond acceptors (Lipinski definition) is 3. The number of amides is 1. The topological polar surface area (TPSA) is 56.1 Å². The average molecular weight is 339 g/mol. The van der Waals surface area contributed by atoms with E-state index < -0.39 is 0 Å². The van der Waals surface area contributed by atoms with Crippen LogP contribution in [0.3, 0.4) is 0 Å². The van der Waals surface area contributed by atoms with Gasteiger partial charge in [0.2, 0.25) is 5.91 Å². The zero-order valence-corrected chi connectivity index (χ0v) is 14.9. The van der Waals surface area contributed by atoms with E-state index in [1.165, 1.54) is 24.8 Å². The lowest BCUT2D eigenvalue weighted by molar-refractivity contribution is -0.117. The molecular weight excluding hydrogens is 314 g/mol. The van der Waals surface area contributed by atoms with Crippen molar-refractivity contribution >= 4 is 5.91 Å². The number of rotatable bonds is 5. The zero-order valence-electron chi connectivity index (χ0n) is 14.9. The van der Waals surface area contributed by atoms with Gasteiger partial charge in [0.15, 0.2) is 0 Å². The molecule has 1 saturated carbocycles. The molecule has 1 atom stereocenters. The minimum Gasteiger partial charge on any atom is -0.496 e. The van der Waals surface area contributed by atoms with Crippen molar-refractivity contribution in [3.8, 4) is 5.75 Å². The van der Waals surface area contributed by atoms with Gasteiger partial charge in [-0.25, -0.2) is 4.98 Å². The highest BCUT2D eigenvalue weighted by Gasteiger charge is 2.23. The van der Waals surface area contributed by atoms with Crippen LogP contribution in [0, 0.1) is 0 Å². The zero-order chi connectivity index (χ0) is 17.6. The van der Waals surface area contributed by atoms with E-state index in [0.717, 1.165) is 30.0 Å². The van der Waals surface area contributed by atoms with Gasteiger partial charge in [0.05, 0.1) is 7.11 Å². The van der Waals surface area contributed by atoms with E-state index in [2.05, 4.69) is 10.3 Å². The molecule has 0 saturated heterocycles. The Morgan fingerprint density at radius 1 is 1.28 bits per heavy atom. The van der Waals surface area contributed by atoms with Crippen molar-refractivity contribution in [2.24, 2.45) is 7.05 Å². The molecule has 5 nitrogen and oxygen atoms in total. The van der Waals surface area contributed by atoms with Crippen LogP contribution in [-0.2, 0) is 11.8 Å². The van der Waals surface area contributed by atoms with Crippen molar-refractivity contribution in [1.82, 2.24) is 14.9 Å². The lowest BCUT2D eigenvalue weighted by Crippen LogP contribution is -2.30. The fourth-order valence-corrected chi connectivity index (χ4v) is 3.36. The van der Waals surface area contributed by atoms with Crippen LogP contribution in [0.1, 0.15) is 49.5 Å². The molecule has 1 aromatic heterocycles. The Balaban J connectivity index is 1.89. The quantitative estimate of drug-likeness (QED) is 0.848. The fraction of sp³-hybridized carbons (Fsp3) is 0.400. The summed E-state index contributed by atoms with van der Waals surface area (Å²) in [5.74, 6) is 1.44. The van der Waals surface area contributed by atoms with Gasteiger partial charge >= 0.3 is 0 Å². The summed E-state index contributed by atoms with van der Waals surface area (Å²) in [6.07, 6.45) is 11.0. The summed E-state index contributed by atoms with van der Waals surface area (Å²) in [7, 11) is 3.57. The molecule has 2 aromatic rings. The summed E-state index contributed by atoms with van der Waals surface area (Å²) in [5.41, 5.74) is 2.14. The molecule has 1 amide bonds. The number of carbonyl (C=O) groups is 1. The molecule has 25 heavy (non-hydrogen) atoms. The van der Waals surface area contributed by atoms with E-state index in [1.807, 2.05) is 42.1 Å². The number of nitrogens with zero attached hydrogens (tertiary/aromatic N) is 2. The molecule has 1 aromatic carbocycles. The maximum atomic E-state index is 12.6. The smallest absolute Gasteiger partial charge is 0.244 e. The van der Waals surface area contributed by atoms with E-state index in [-0.39, 0.29) is 11.9 Å². The second kappa shape index (κ2) is 8.01. The molecule has 0 bridgehead atoms. The Bertz CT molecular complexity index is 756. The van der Waals surface area contributed by atoms with Gasteiger partial charge in [-0.15, -0.1) is 0 Å². The fourth-order valence-electron chi connectivity index (χ4n) is 3.36. The van der Waals surface area contributed by atoms with Crippen molar-refractivity contribution in [3.05, 3.63) is 59.7 Å². The van der Waals surface area contributed by atoms with Gasteiger partial charge in [-0.1, -0.05) is 30.2 Å². The number of aryl methyl sites for hydroxylation is 1. The number of methoxy groups -OCH3 is 1. The van der Waals surface area contributed by atoms with Crippen LogP contribution in [0.2, 0.25) is 0 Å². The first-order valence-corrected chi connectivity index (χ1v) is 8.79.